The van der Waals surface area contributed by atoms with Crippen LogP contribution in [0.3, 0.4) is 0 Å². The van der Waals surface area contributed by atoms with Crippen LogP contribution < -0.4 is 10.6 Å². The molecule has 2 aromatic heterocycles. The minimum absolute atomic E-state index is 0.119. The Kier molecular flexibility index (Phi) is 5.65. The van der Waals surface area contributed by atoms with Gasteiger partial charge in [0.05, 0.1) is 18.1 Å². The highest BCUT2D eigenvalue weighted by Gasteiger charge is 2.11. The fourth-order valence-corrected chi connectivity index (χ4v) is 3.15. The molecule has 0 unspecified atom stereocenters. The van der Waals surface area contributed by atoms with Crippen molar-refractivity contribution in [2.75, 3.05) is 11.9 Å². The third kappa shape index (κ3) is 4.43. The van der Waals surface area contributed by atoms with Gasteiger partial charge in [0.2, 0.25) is 0 Å². The topological polar surface area (TPSA) is 84.7 Å². The molecule has 152 valence electrons. The first-order valence-electron chi connectivity index (χ1n) is 9.60. The van der Waals surface area contributed by atoms with Crippen molar-refractivity contribution in [3.8, 4) is 0 Å². The van der Waals surface area contributed by atoms with E-state index in [2.05, 4.69) is 25.7 Å². The van der Waals surface area contributed by atoms with Gasteiger partial charge in [-0.25, -0.2) is 19.0 Å². The summed E-state index contributed by atoms with van der Waals surface area (Å²) in [4.78, 5) is 20.9. The molecule has 0 radical (unpaired) electrons. The van der Waals surface area contributed by atoms with E-state index in [1.165, 1.54) is 18.5 Å². The summed E-state index contributed by atoms with van der Waals surface area (Å²) in [6, 6.07) is 13.8. The molecule has 0 aliphatic rings. The van der Waals surface area contributed by atoms with Crippen LogP contribution in [0.2, 0.25) is 0 Å². The third-order valence-corrected chi connectivity index (χ3v) is 4.70. The van der Waals surface area contributed by atoms with E-state index >= 15 is 0 Å². The predicted octanol–water partition coefficient (Wildman–Crippen LogP) is 3.32. The van der Waals surface area contributed by atoms with Crippen LogP contribution in [0.25, 0.3) is 11.0 Å². The average Bonchev–Trinajstić information content (AvgIpc) is 3.17. The predicted molar refractivity (Wildman–Crippen MR) is 113 cm³/mol. The molecule has 8 heteroatoms. The highest BCUT2D eigenvalue weighted by molar-refractivity contribution is 5.94. The van der Waals surface area contributed by atoms with E-state index in [9.17, 15) is 9.18 Å². The van der Waals surface area contributed by atoms with E-state index in [1.807, 2.05) is 25.1 Å². The zero-order valence-corrected chi connectivity index (χ0v) is 16.5. The number of anilines is 1. The van der Waals surface area contributed by atoms with Crippen LogP contribution in [0.15, 0.2) is 61.1 Å². The quantitative estimate of drug-likeness (QED) is 0.494. The maximum atomic E-state index is 13.0. The van der Waals surface area contributed by atoms with Crippen molar-refractivity contribution in [1.82, 2.24) is 25.1 Å². The molecule has 0 bridgehead atoms. The van der Waals surface area contributed by atoms with Crippen LogP contribution in [-0.2, 0) is 13.1 Å². The lowest BCUT2D eigenvalue weighted by Crippen LogP contribution is -2.27. The van der Waals surface area contributed by atoms with Gasteiger partial charge in [-0.2, -0.15) is 5.10 Å². The lowest BCUT2D eigenvalue weighted by Gasteiger charge is -2.08. The van der Waals surface area contributed by atoms with Crippen molar-refractivity contribution in [3.63, 3.8) is 0 Å². The molecule has 1 amide bonds. The van der Waals surface area contributed by atoms with Gasteiger partial charge in [-0.1, -0.05) is 29.8 Å². The van der Waals surface area contributed by atoms with Gasteiger partial charge in [0.1, 0.15) is 18.0 Å². The fraction of sp³-hybridized carbons (Fsp3) is 0.182. The number of carbonyl (C=O) groups excluding carboxylic acids is 1. The highest BCUT2D eigenvalue weighted by atomic mass is 19.1. The van der Waals surface area contributed by atoms with E-state index in [0.29, 0.717) is 36.7 Å². The number of fused-ring (bicyclic) bond motifs is 1. The van der Waals surface area contributed by atoms with Gasteiger partial charge in [-0.15, -0.1) is 0 Å². The van der Waals surface area contributed by atoms with E-state index in [0.717, 1.165) is 16.5 Å². The lowest BCUT2D eigenvalue weighted by molar-refractivity contribution is 0.0952. The smallest absolute Gasteiger partial charge is 0.251 e. The Morgan fingerprint density at radius 1 is 1.13 bits per heavy atom. The minimum atomic E-state index is -0.265. The number of nitrogens with zero attached hydrogens (tertiary/aromatic N) is 4. The van der Waals surface area contributed by atoms with Gasteiger partial charge in [0.25, 0.3) is 5.91 Å². The number of hydrogen-bond acceptors (Lipinski definition) is 5. The van der Waals surface area contributed by atoms with Crippen molar-refractivity contribution in [2.24, 2.45) is 0 Å². The number of hydrogen-bond donors (Lipinski definition) is 2. The second-order valence-electron chi connectivity index (χ2n) is 6.93. The Morgan fingerprint density at radius 3 is 2.77 bits per heavy atom. The van der Waals surface area contributed by atoms with Crippen molar-refractivity contribution in [3.05, 3.63) is 83.6 Å². The standard InChI is InChI=1S/C22H21FN6O/c1-15-3-2-4-17(11-15)22(30)24-9-10-29-21-19(13-28-29)20(26-14-27-21)25-12-16-5-7-18(23)8-6-16/h2-8,11,13-14H,9-10,12H2,1H3,(H,24,30)(H,25,26,27). The molecular formula is C22H21FN6O. The number of rotatable bonds is 7. The summed E-state index contributed by atoms with van der Waals surface area (Å²) < 4.78 is 14.8. The fourth-order valence-electron chi connectivity index (χ4n) is 3.15. The molecule has 4 aromatic rings. The van der Waals surface area contributed by atoms with Crippen LogP contribution >= 0.6 is 0 Å². The summed E-state index contributed by atoms with van der Waals surface area (Å²) in [5.41, 5.74) is 3.29. The monoisotopic (exact) mass is 404 g/mol. The molecule has 0 aliphatic carbocycles. The maximum Gasteiger partial charge on any atom is 0.251 e. The molecule has 2 N–H and O–H groups in total. The van der Waals surface area contributed by atoms with E-state index in [1.54, 1.807) is 29.1 Å². The maximum absolute atomic E-state index is 13.0. The summed E-state index contributed by atoms with van der Waals surface area (Å²) in [6.45, 7) is 3.36. The number of carbonyl (C=O) groups is 1. The number of aromatic nitrogens is 4. The Balaban J connectivity index is 1.40. The molecule has 4 rings (SSSR count). The van der Waals surface area contributed by atoms with Crippen LogP contribution in [0, 0.1) is 12.7 Å². The number of halogens is 1. The summed E-state index contributed by atoms with van der Waals surface area (Å²) in [5.74, 6) is 0.268. The summed E-state index contributed by atoms with van der Waals surface area (Å²) in [7, 11) is 0. The first-order chi connectivity index (χ1) is 14.6. The normalized spacial score (nSPS) is 10.9. The van der Waals surface area contributed by atoms with Crippen LogP contribution in [0.5, 0.6) is 0 Å². The van der Waals surface area contributed by atoms with Gasteiger partial charge in [0.15, 0.2) is 5.65 Å². The van der Waals surface area contributed by atoms with Gasteiger partial charge in [-0.05, 0) is 36.8 Å². The van der Waals surface area contributed by atoms with E-state index in [4.69, 9.17) is 0 Å². The third-order valence-electron chi connectivity index (χ3n) is 4.70. The zero-order chi connectivity index (χ0) is 20.9. The van der Waals surface area contributed by atoms with Crippen molar-refractivity contribution in [2.45, 2.75) is 20.0 Å². The molecule has 0 spiro atoms. The van der Waals surface area contributed by atoms with Crippen molar-refractivity contribution < 1.29 is 9.18 Å². The number of aryl methyl sites for hydroxylation is 1. The molecule has 0 saturated heterocycles. The van der Waals surface area contributed by atoms with Gasteiger partial charge >= 0.3 is 0 Å². The van der Waals surface area contributed by atoms with Crippen molar-refractivity contribution in [1.29, 1.82) is 0 Å². The van der Waals surface area contributed by atoms with Gasteiger partial charge in [-0.3, -0.25) is 4.79 Å². The van der Waals surface area contributed by atoms with E-state index < -0.39 is 0 Å². The van der Waals surface area contributed by atoms with E-state index in [-0.39, 0.29) is 11.7 Å². The lowest BCUT2D eigenvalue weighted by atomic mass is 10.1. The summed E-state index contributed by atoms with van der Waals surface area (Å²) >= 11 is 0. The molecule has 0 aliphatic heterocycles. The second kappa shape index (κ2) is 8.69. The largest absolute Gasteiger partial charge is 0.365 e. The van der Waals surface area contributed by atoms with Crippen LogP contribution in [0.4, 0.5) is 10.2 Å². The van der Waals surface area contributed by atoms with Crippen LogP contribution in [0.1, 0.15) is 21.5 Å². The number of benzene rings is 2. The molecule has 0 atom stereocenters. The number of amides is 1. The molecule has 30 heavy (non-hydrogen) atoms. The van der Waals surface area contributed by atoms with Gasteiger partial charge < -0.3 is 10.6 Å². The van der Waals surface area contributed by atoms with Crippen molar-refractivity contribution >= 4 is 22.8 Å². The molecular weight excluding hydrogens is 383 g/mol. The SMILES string of the molecule is Cc1cccc(C(=O)NCCn2ncc3c(NCc4ccc(F)cc4)ncnc32)c1. The summed E-state index contributed by atoms with van der Waals surface area (Å²) in [5, 5.41) is 11.3. The van der Waals surface area contributed by atoms with Crippen LogP contribution in [-0.4, -0.2) is 32.2 Å². The minimum Gasteiger partial charge on any atom is -0.365 e. The number of nitrogens with one attached hydrogen (secondary N) is 2. The zero-order valence-electron chi connectivity index (χ0n) is 16.5. The Morgan fingerprint density at radius 2 is 1.97 bits per heavy atom. The molecule has 2 aromatic carbocycles. The first-order valence-corrected chi connectivity index (χ1v) is 9.60. The highest BCUT2D eigenvalue weighted by Crippen LogP contribution is 2.19. The Labute approximate surface area is 173 Å². The molecule has 0 fully saturated rings. The second-order valence-corrected chi connectivity index (χ2v) is 6.93. The average molecular weight is 404 g/mol. The Hall–Kier alpha value is -3.81. The molecule has 0 saturated carbocycles. The Bertz CT molecular complexity index is 1170. The molecule has 2 heterocycles. The first kappa shape index (κ1) is 19.5. The van der Waals surface area contributed by atoms with Gasteiger partial charge in [0, 0.05) is 18.7 Å². The molecule has 7 nitrogen and oxygen atoms in total. The summed E-state index contributed by atoms with van der Waals surface area (Å²) in [6.07, 6.45) is 3.17.